The smallest absolute Gasteiger partial charge is 0.408 e. The molecule has 0 atom stereocenters. The highest BCUT2D eigenvalue weighted by molar-refractivity contribution is 7.89. The number of fused-ring (bicyclic) bond motifs is 2. The second-order valence-electron chi connectivity index (χ2n) is 7.97. The van der Waals surface area contributed by atoms with E-state index in [9.17, 15) is 18.0 Å². The average molecular weight is 442 g/mol. The first-order valence-electron chi connectivity index (χ1n) is 10.5. The van der Waals surface area contributed by atoms with Crippen LogP contribution in [0, 0.1) is 0 Å². The zero-order valence-electron chi connectivity index (χ0n) is 17.0. The molecule has 162 valence electrons. The molecule has 3 heterocycles. The van der Waals surface area contributed by atoms with Crippen molar-refractivity contribution in [3.8, 4) is 0 Å². The van der Waals surface area contributed by atoms with Crippen LogP contribution in [-0.2, 0) is 27.8 Å². The highest BCUT2D eigenvalue weighted by atomic mass is 32.2. The zero-order valence-corrected chi connectivity index (χ0v) is 17.8. The number of nitrogens with zero attached hydrogens (tertiary/aromatic N) is 3. The summed E-state index contributed by atoms with van der Waals surface area (Å²) in [5, 5.41) is 0. The van der Waals surface area contributed by atoms with E-state index < -0.39 is 15.8 Å². The number of benzene rings is 2. The molecule has 1 saturated heterocycles. The monoisotopic (exact) mass is 441 g/mol. The van der Waals surface area contributed by atoms with Gasteiger partial charge in [0.25, 0.3) is 0 Å². The van der Waals surface area contributed by atoms with Gasteiger partial charge in [-0.2, -0.15) is 4.31 Å². The lowest BCUT2D eigenvalue weighted by Crippen LogP contribution is -2.35. The third-order valence-corrected chi connectivity index (χ3v) is 7.96. The van der Waals surface area contributed by atoms with Crippen LogP contribution in [0.5, 0.6) is 0 Å². The van der Waals surface area contributed by atoms with E-state index in [1.807, 2.05) is 0 Å². The van der Waals surface area contributed by atoms with E-state index in [0.717, 1.165) is 24.8 Å². The van der Waals surface area contributed by atoms with Crippen molar-refractivity contribution < 1.29 is 17.6 Å². The average Bonchev–Trinajstić information content (AvgIpc) is 3.35. The summed E-state index contributed by atoms with van der Waals surface area (Å²) in [5.74, 6) is -0.809. The predicted octanol–water partition coefficient (Wildman–Crippen LogP) is 2.36. The molecule has 2 aliphatic rings. The van der Waals surface area contributed by atoms with Gasteiger partial charge < -0.3 is 9.32 Å². The number of sulfonamides is 1. The lowest BCUT2D eigenvalue weighted by atomic mass is 10.2. The molecule has 2 aliphatic heterocycles. The Bertz CT molecular complexity index is 1320. The number of rotatable bonds is 4. The van der Waals surface area contributed by atoms with Gasteiger partial charge in [0.05, 0.1) is 10.4 Å². The number of amides is 1. The molecule has 0 aliphatic carbocycles. The van der Waals surface area contributed by atoms with Gasteiger partial charge in [0.15, 0.2) is 5.58 Å². The van der Waals surface area contributed by atoms with Crippen LogP contribution in [0.25, 0.3) is 11.1 Å². The maximum Gasteiger partial charge on any atom is 0.420 e. The SMILES string of the molecule is O=C(Cn1c(=O)oc2ccccc21)N1CCc2cc(S(=O)(=O)N3CCCCC3)ccc21. The molecule has 1 aromatic heterocycles. The van der Waals surface area contributed by atoms with Crippen LogP contribution in [0.2, 0.25) is 0 Å². The van der Waals surface area contributed by atoms with Gasteiger partial charge in [0, 0.05) is 25.3 Å². The summed E-state index contributed by atoms with van der Waals surface area (Å²) in [7, 11) is -3.52. The Labute approximate surface area is 179 Å². The Hall–Kier alpha value is -2.91. The number of oxazole rings is 1. The Morgan fingerprint density at radius 3 is 2.58 bits per heavy atom. The zero-order chi connectivity index (χ0) is 21.6. The first kappa shape index (κ1) is 20.0. The number of carbonyl (C=O) groups is 1. The number of carbonyl (C=O) groups excluding carboxylic acids is 1. The van der Waals surface area contributed by atoms with Gasteiger partial charge in [0.2, 0.25) is 15.9 Å². The minimum absolute atomic E-state index is 0.136. The van der Waals surface area contributed by atoms with Gasteiger partial charge in [-0.25, -0.2) is 13.2 Å². The summed E-state index contributed by atoms with van der Waals surface area (Å²) < 4.78 is 34.0. The summed E-state index contributed by atoms with van der Waals surface area (Å²) in [5.41, 5.74) is 2.54. The summed E-state index contributed by atoms with van der Waals surface area (Å²) in [6.45, 7) is 1.42. The van der Waals surface area contributed by atoms with Crippen LogP contribution in [0.15, 0.2) is 56.6 Å². The van der Waals surface area contributed by atoms with Crippen molar-refractivity contribution in [3.63, 3.8) is 0 Å². The maximum absolute atomic E-state index is 13.0. The maximum atomic E-state index is 13.0. The molecule has 8 nitrogen and oxygen atoms in total. The van der Waals surface area contributed by atoms with E-state index in [2.05, 4.69) is 0 Å². The number of hydrogen-bond donors (Lipinski definition) is 0. The molecule has 0 unspecified atom stereocenters. The van der Waals surface area contributed by atoms with E-state index in [1.54, 1.807) is 51.7 Å². The molecule has 5 rings (SSSR count). The molecule has 9 heteroatoms. The number of hydrogen-bond acceptors (Lipinski definition) is 5. The summed E-state index contributed by atoms with van der Waals surface area (Å²) in [4.78, 5) is 27.1. The first-order valence-corrected chi connectivity index (χ1v) is 11.9. The lowest BCUT2D eigenvalue weighted by Gasteiger charge is -2.26. The standard InChI is InChI=1S/C22H23N3O5S/c26-21(15-25-19-6-2-3-7-20(19)30-22(25)27)24-13-10-16-14-17(8-9-18(16)24)31(28,29)23-11-4-1-5-12-23/h2-3,6-9,14H,1,4-5,10-13,15H2. The fourth-order valence-electron chi connectivity index (χ4n) is 4.44. The number of anilines is 1. The minimum Gasteiger partial charge on any atom is -0.408 e. The van der Waals surface area contributed by atoms with Crippen LogP contribution < -0.4 is 10.7 Å². The topological polar surface area (TPSA) is 92.8 Å². The second-order valence-corrected chi connectivity index (χ2v) is 9.91. The van der Waals surface area contributed by atoms with Crippen molar-refractivity contribution in [2.75, 3.05) is 24.5 Å². The third kappa shape index (κ3) is 3.47. The molecule has 0 bridgehead atoms. The molecule has 1 fully saturated rings. The van der Waals surface area contributed by atoms with Crippen molar-refractivity contribution in [1.29, 1.82) is 0 Å². The van der Waals surface area contributed by atoms with Gasteiger partial charge in [-0.15, -0.1) is 0 Å². The van der Waals surface area contributed by atoms with Gasteiger partial charge >= 0.3 is 5.76 Å². The van der Waals surface area contributed by atoms with Crippen LogP contribution in [0.3, 0.4) is 0 Å². The van der Waals surface area contributed by atoms with Crippen LogP contribution >= 0.6 is 0 Å². The number of para-hydroxylation sites is 2. The molecular weight excluding hydrogens is 418 g/mol. The van der Waals surface area contributed by atoms with Gasteiger partial charge in [-0.1, -0.05) is 18.6 Å². The largest absolute Gasteiger partial charge is 0.420 e. The second kappa shape index (κ2) is 7.65. The summed E-state index contributed by atoms with van der Waals surface area (Å²) >= 11 is 0. The Kier molecular flexibility index (Phi) is 4.94. The number of piperidine rings is 1. The highest BCUT2D eigenvalue weighted by Gasteiger charge is 2.30. The third-order valence-electron chi connectivity index (χ3n) is 6.07. The molecule has 0 N–H and O–H groups in total. The van der Waals surface area contributed by atoms with Crippen molar-refractivity contribution in [1.82, 2.24) is 8.87 Å². The molecular formula is C22H23N3O5S. The van der Waals surface area contributed by atoms with Gasteiger partial charge in [0.1, 0.15) is 6.54 Å². The molecule has 3 aromatic rings. The van der Waals surface area contributed by atoms with E-state index in [-0.39, 0.29) is 17.3 Å². The fourth-order valence-corrected chi connectivity index (χ4v) is 6.00. The minimum atomic E-state index is -3.52. The lowest BCUT2D eigenvalue weighted by molar-refractivity contribution is -0.119. The highest BCUT2D eigenvalue weighted by Crippen LogP contribution is 2.32. The summed E-state index contributed by atoms with van der Waals surface area (Å²) in [6.07, 6.45) is 3.40. The number of aromatic nitrogens is 1. The molecule has 1 amide bonds. The van der Waals surface area contributed by atoms with Crippen LogP contribution in [0.4, 0.5) is 5.69 Å². The van der Waals surface area contributed by atoms with E-state index in [4.69, 9.17) is 4.42 Å². The Morgan fingerprint density at radius 1 is 1.00 bits per heavy atom. The summed E-state index contributed by atoms with van der Waals surface area (Å²) in [6, 6.07) is 11.9. The van der Waals surface area contributed by atoms with Crippen molar-refractivity contribution >= 4 is 32.7 Å². The van der Waals surface area contributed by atoms with Crippen LogP contribution in [-0.4, -0.2) is 42.8 Å². The Morgan fingerprint density at radius 2 is 1.77 bits per heavy atom. The first-order chi connectivity index (χ1) is 14.9. The molecule has 0 saturated carbocycles. The molecule has 0 spiro atoms. The van der Waals surface area contributed by atoms with Crippen molar-refractivity contribution in [3.05, 3.63) is 58.6 Å². The van der Waals surface area contributed by atoms with Gasteiger partial charge in [-0.3, -0.25) is 9.36 Å². The van der Waals surface area contributed by atoms with Crippen molar-refractivity contribution in [2.45, 2.75) is 37.1 Å². The van der Waals surface area contributed by atoms with Gasteiger partial charge in [-0.05, 0) is 55.2 Å². The quantitative estimate of drug-likeness (QED) is 0.620. The fraction of sp³-hybridized carbons (Fsp3) is 0.364. The van der Waals surface area contributed by atoms with Crippen LogP contribution in [0.1, 0.15) is 24.8 Å². The normalized spacial score (nSPS) is 17.2. The van der Waals surface area contributed by atoms with E-state index >= 15 is 0 Å². The van der Waals surface area contributed by atoms with E-state index in [1.165, 1.54) is 4.57 Å². The van der Waals surface area contributed by atoms with E-state index in [0.29, 0.717) is 42.8 Å². The molecule has 0 radical (unpaired) electrons. The predicted molar refractivity (Wildman–Crippen MR) is 116 cm³/mol. The molecule has 2 aromatic carbocycles. The Balaban J connectivity index is 1.40. The molecule has 31 heavy (non-hydrogen) atoms. The van der Waals surface area contributed by atoms with Crippen molar-refractivity contribution in [2.24, 2.45) is 0 Å².